The molecule has 8 heteroatoms. The van der Waals surface area contributed by atoms with Gasteiger partial charge in [-0.1, -0.05) is 6.92 Å². The minimum absolute atomic E-state index is 0.132. The molecule has 0 bridgehead atoms. The number of carbonyl (C=O) groups excluding carboxylic acids is 1. The Kier molecular flexibility index (Phi) is 4.52. The molecule has 4 aromatic rings. The van der Waals surface area contributed by atoms with Gasteiger partial charge in [-0.05, 0) is 37.3 Å². The Bertz CT molecular complexity index is 1190. The highest BCUT2D eigenvalue weighted by Crippen LogP contribution is 2.27. The van der Waals surface area contributed by atoms with Crippen LogP contribution in [0.2, 0.25) is 0 Å². The second-order valence-electron chi connectivity index (χ2n) is 6.23. The molecular weight excluding hydrogens is 359 g/mol. The Morgan fingerprint density at radius 1 is 1.18 bits per heavy atom. The van der Waals surface area contributed by atoms with Crippen LogP contribution in [0.15, 0.2) is 48.9 Å². The highest BCUT2D eigenvalue weighted by molar-refractivity contribution is 5.97. The maximum Gasteiger partial charge on any atom is 0.247 e. The summed E-state index contributed by atoms with van der Waals surface area (Å²) in [7, 11) is 0. The van der Waals surface area contributed by atoms with E-state index in [1.165, 1.54) is 10.7 Å². The molecule has 0 aliphatic heterocycles. The van der Waals surface area contributed by atoms with Gasteiger partial charge in [0, 0.05) is 30.2 Å². The Hall–Kier alpha value is -3.68. The van der Waals surface area contributed by atoms with E-state index in [1.54, 1.807) is 56.7 Å². The lowest BCUT2D eigenvalue weighted by Crippen LogP contribution is -2.11. The molecule has 0 unspecified atom stereocenters. The van der Waals surface area contributed by atoms with Gasteiger partial charge in [0.05, 0.1) is 17.6 Å². The summed E-state index contributed by atoms with van der Waals surface area (Å²) in [6.45, 7) is 3.57. The van der Waals surface area contributed by atoms with E-state index < -0.39 is 5.82 Å². The average molecular weight is 376 g/mol. The number of hydrogen-bond donors (Lipinski definition) is 1. The van der Waals surface area contributed by atoms with Crippen LogP contribution in [0.1, 0.15) is 23.8 Å². The van der Waals surface area contributed by atoms with Gasteiger partial charge in [0.25, 0.3) is 0 Å². The predicted octanol–water partition coefficient (Wildman–Crippen LogP) is 4.13. The summed E-state index contributed by atoms with van der Waals surface area (Å²) in [5, 5.41) is 7.40. The van der Waals surface area contributed by atoms with Crippen LogP contribution < -0.4 is 5.32 Å². The number of aromatic nitrogens is 5. The average Bonchev–Trinajstić information content (AvgIpc) is 3.15. The summed E-state index contributed by atoms with van der Waals surface area (Å²) in [6, 6.07) is 8.21. The SMILES string of the molecule is CCC(=O)n1ncc2nccc(Nc3ccnc(-c4nc(C)ccc4F)c3)c21. The van der Waals surface area contributed by atoms with Gasteiger partial charge in [-0.25, -0.2) is 9.37 Å². The van der Waals surface area contributed by atoms with Crippen LogP contribution in [0.4, 0.5) is 15.8 Å². The van der Waals surface area contributed by atoms with E-state index in [1.807, 2.05) is 0 Å². The third kappa shape index (κ3) is 3.20. The third-order valence-electron chi connectivity index (χ3n) is 4.27. The van der Waals surface area contributed by atoms with Gasteiger partial charge in [-0.2, -0.15) is 9.78 Å². The highest BCUT2D eigenvalue weighted by atomic mass is 19.1. The van der Waals surface area contributed by atoms with Crippen LogP contribution in [-0.2, 0) is 0 Å². The number of carbonyl (C=O) groups is 1. The van der Waals surface area contributed by atoms with E-state index in [9.17, 15) is 9.18 Å². The van der Waals surface area contributed by atoms with Crippen molar-refractivity contribution >= 4 is 28.3 Å². The van der Waals surface area contributed by atoms with Crippen LogP contribution in [0.5, 0.6) is 0 Å². The van der Waals surface area contributed by atoms with E-state index in [4.69, 9.17) is 0 Å². The summed E-state index contributed by atoms with van der Waals surface area (Å²) in [6.07, 6.45) is 5.09. The number of hydrogen-bond acceptors (Lipinski definition) is 6. The van der Waals surface area contributed by atoms with Gasteiger partial charge in [-0.15, -0.1) is 0 Å². The molecule has 4 heterocycles. The first-order valence-corrected chi connectivity index (χ1v) is 8.79. The Morgan fingerprint density at radius 3 is 2.82 bits per heavy atom. The quantitative estimate of drug-likeness (QED) is 0.576. The number of aryl methyl sites for hydroxylation is 1. The maximum absolute atomic E-state index is 14.2. The summed E-state index contributed by atoms with van der Waals surface area (Å²) in [5.41, 5.74) is 3.84. The first kappa shape index (κ1) is 17.7. The molecule has 0 saturated heterocycles. The van der Waals surface area contributed by atoms with Crippen molar-refractivity contribution in [3.05, 3.63) is 60.4 Å². The fourth-order valence-electron chi connectivity index (χ4n) is 2.91. The number of nitrogens with one attached hydrogen (secondary N) is 1. The summed E-state index contributed by atoms with van der Waals surface area (Å²) in [4.78, 5) is 24.9. The minimum atomic E-state index is -0.437. The van der Waals surface area contributed by atoms with E-state index in [0.717, 1.165) is 0 Å². The van der Waals surface area contributed by atoms with E-state index in [0.29, 0.717) is 40.2 Å². The predicted molar refractivity (Wildman–Crippen MR) is 104 cm³/mol. The van der Waals surface area contributed by atoms with Crippen LogP contribution >= 0.6 is 0 Å². The van der Waals surface area contributed by atoms with Gasteiger partial charge in [0.2, 0.25) is 5.91 Å². The summed E-state index contributed by atoms with van der Waals surface area (Å²) < 4.78 is 15.5. The molecule has 28 heavy (non-hydrogen) atoms. The van der Waals surface area contributed by atoms with Gasteiger partial charge < -0.3 is 5.32 Å². The Balaban J connectivity index is 1.76. The topological polar surface area (TPSA) is 85.6 Å². The molecule has 4 aromatic heterocycles. The van der Waals surface area contributed by atoms with Crippen molar-refractivity contribution in [3.63, 3.8) is 0 Å². The van der Waals surface area contributed by atoms with Crippen molar-refractivity contribution in [1.82, 2.24) is 24.7 Å². The molecule has 140 valence electrons. The van der Waals surface area contributed by atoms with Gasteiger partial charge in [0.1, 0.15) is 16.7 Å². The second-order valence-corrected chi connectivity index (χ2v) is 6.23. The number of pyridine rings is 3. The minimum Gasteiger partial charge on any atom is -0.354 e. The van der Waals surface area contributed by atoms with Crippen LogP contribution in [0.25, 0.3) is 22.4 Å². The van der Waals surface area contributed by atoms with Crippen LogP contribution in [0, 0.1) is 12.7 Å². The van der Waals surface area contributed by atoms with Gasteiger partial charge >= 0.3 is 0 Å². The molecule has 0 radical (unpaired) electrons. The zero-order valence-corrected chi connectivity index (χ0v) is 15.3. The first-order valence-electron chi connectivity index (χ1n) is 8.79. The first-order chi connectivity index (χ1) is 13.6. The molecular formula is C20H17FN6O. The van der Waals surface area contributed by atoms with Crippen molar-refractivity contribution in [2.75, 3.05) is 5.32 Å². The Morgan fingerprint density at radius 2 is 2.00 bits per heavy atom. The summed E-state index contributed by atoms with van der Waals surface area (Å²) in [5.74, 6) is -0.569. The molecule has 0 aromatic carbocycles. The Labute approximate surface area is 160 Å². The number of halogens is 1. The van der Waals surface area contributed by atoms with Gasteiger partial charge in [-0.3, -0.25) is 14.8 Å². The van der Waals surface area contributed by atoms with Crippen molar-refractivity contribution in [2.45, 2.75) is 20.3 Å². The zero-order chi connectivity index (χ0) is 19.7. The molecule has 0 amide bonds. The van der Waals surface area contributed by atoms with Crippen molar-refractivity contribution in [3.8, 4) is 11.4 Å². The number of nitrogens with zero attached hydrogens (tertiary/aromatic N) is 5. The molecule has 0 fully saturated rings. The fourth-order valence-corrected chi connectivity index (χ4v) is 2.91. The maximum atomic E-state index is 14.2. The fraction of sp³-hybridized carbons (Fsp3) is 0.150. The normalized spacial score (nSPS) is 11.0. The number of rotatable bonds is 4. The molecule has 1 N–H and O–H groups in total. The summed E-state index contributed by atoms with van der Waals surface area (Å²) >= 11 is 0. The number of fused-ring (bicyclic) bond motifs is 1. The molecule has 4 rings (SSSR count). The monoisotopic (exact) mass is 376 g/mol. The lowest BCUT2D eigenvalue weighted by molar-refractivity contribution is 0.0899. The van der Waals surface area contributed by atoms with E-state index in [2.05, 4.69) is 25.4 Å². The lowest BCUT2D eigenvalue weighted by Gasteiger charge is -2.11. The molecule has 0 saturated carbocycles. The molecule has 0 aliphatic carbocycles. The van der Waals surface area contributed by atoms with E-state index >= 15 is 0 Å². The molecule has 7 nitrogen and oxygen atoms in total. The standard InChI is InChI=1S/C20H17FN6O/c1-3-18(28)27-20-15(7-9-23-17(20)11-24-27)26-13-6-8-22-16(10-13)19-14(21)5-4-12(2)25-19/h4-11H,3H2,1-2H3,(H,22,23,26). The second kappa shape index (κ2) is 7.15. The zero-order valence-electron chi connectivity index (χ0n) is 15.3. The molecule has 0 spiro atoms. The lowest BCUT2D eigenvalue weighted by atomic mass is 10.2. The largest absolute Gasteiger partial charge is 0.354 e. The van der Waals surface area contributed by atoms with Crippen molar-refractivity contribution in [1.29, 1.82) is 0 Å². The van der Waals surface area contributed by atoms with Crippen LogP contribution in [-0.4, -0.2) is 30.6 Å². The third-order valence-corrected chi connectivity index (χ3v) is 4.27. The molecule has 0 aliphatic rings. The van der Waals surface area contributed by atoms with Crippen LogP contribution in [0.3, 0.4) is 0 Å². The highest BCUT2D eigenvalue weighted by Gasteiger charge is 2.15. The van der Waals surface area contributed by atoms with E-state index in [-0.39, 0.29) is 11.6 Å². The van der Waals surface area contributed by atoms with Crippen molar-refractivity contribution in [2.24, 2.45) is 0 Å². The smallest absolute Gasteiger partial charge is 0.247 e. The molecule has 0 atom stereocenters. The van der Waals surface area contributed by atoms with Gasteiger partial charge in [0.15, 0.2) is 5.82 Å². The number of anilines is 2. The van der Waals surface area contributed by atoms with Crippen molar-refractivity contribution < 1.29 is 9.18 Å².